The molecule has 4 fully saturated rings. The minimum atomic E-state index is -1.11. The third-order valence-electron chi connectivity index (χ3n) is 9.48. The van der Waals surface area contributed by atoms with E-state index < -0.39 is 35.1 Å². The van der Waals surface area contributed by atoms with E-state index in [1.165, 1.54) is 6.42 Å². The number of aliphatic hydroxyl groups is 1. The number of carbonyl (C=O) groups excluding carboxylic acids is 3. The van der Waals surface area contributed by atoms with Crippen molar-refractivity contribution in [3.8, 4) is 0 Å². The average molecular weight is 512 g/mol. The van der Waals surface area contributed by atoms with Crippen molar-refractivity contribution in [2.75, 3.05) is 13.2 Å². The summed E-state index contributed by atoms with van der Waals surface area (Å²) in [7, 11) is 0. The summed E-state index contributed by atoms with van der Waals surface area (Å²) < 4.78 is 6.79. The molecule has 1 aliphatic carbocycles. The minimum Gasteiger partial charge on any atom is -0.394 e. The molecule has 8 heteroatoms. The van der Waals surface area contributed by atoms with E-state index >= 15 is 0 Å². The van der Waals surface area contributed by atoms with E-state index in [-0.39, 0.29) is 36.3 Å². The van der Waals surface area contributed by atoms with Gasteiger partial charge in [0.25, 0.3) is 0 Å². The normalized spacial score (nSPS) is 35.9. The fourth-order valence-electron chi connectivity index (χ4n) is 7.63. The van der Waals surface area contributed by atoms with Gasteiger partial charge in [-0.25, -0.2) is 0 Å². The summed E-state index contributed by atoms with van der Waals surface area (Å²) in [5.74, 6) is -2.18. The van der Waals surface area contributed by atoms with Crippen LogP contribution in [0.1, 0.15) is 77.3 Å². The second-order valence-electron chi connectivity index (χ2n) is 11.7. The molecule has 8 nitrogen and oxygen atoms in total. The van der Waals surface area contributed by atoms with Crippen LogP contribution in [0.3, 0.4) is 0 Å². The number of nitrogens with one attached hydrogen (secondary N) is 2. The van der Waals surface area contributed by atoms with Gasteiger partial charge >= 0.3 is 0 Å². The van der Waals surface area contributed by atoms with E-state index in [2.05, 4.69) is 17.6 Å². The molecular formula is C29H41N3O5. The number of fused-ring (bicyclic) bond motifs is 1. The van der Waals surface area contributed by atoms with Crippen molar-refractivity contribution in [3.63, 3.8) is 0 Å². The maximum absolute atomic E-state index is 14.4. The molecular weight excluding hydrogens is 470 g/mol. The Hall–Kier alpha value is -2.45. The van der Waals surface area contributed by atoms with E-state index in [0.717, 1.165) is 37.7 Å². The highest BCUT2D eigenvalue weighted by molar-refractivity contribution is 5.99. The second-order valence-corrected chi connectivity index (χ2v) is 11.7. The highest BCUT2D eigenvalue weighted by atomic mass is 16.5. The number of aliphatic hydroxyl groups excluding tert-OH is 1. The molecule has 1 saturated carbocycles. The van der Waals surface area contributed by atoms with Crippen LogP contribution in [0.2, 0.25) is 0 Å². The standard InChI is InChI=1S/C29H41N3O5/c1-4-15-30-25(34)22-23-27(36)32(21(17-33)19-11-7-5-8-12-19)24(26(35)31-20-13-9-6-10-14-20)29(23)16-18(2)28(22,3)37-29/h5,7-8,11-12,18,20-24,33H,4,6,9-10,13-17H2,1-3H3,(H,30,34)(H,31,35)/t18?,21-,22-,23+,24?,28+,29?/m1/s1. The Morgan fingerprint density at radius 1 is 1.16 bits per heavy atom. The molecule has 202 valence electrons. The summed E-state index contributed by atoms with van der Waals surface area (Å²) in [6.45, 7) is 6.16. The Morgan fingerprint density at radius 3 is 2.51 bits per heavy atom. The highest BCUT2D eigenvalue weighted by Crippen LogP contribution is 2.65. The van der Waals surface area contributed by atoms with Gasteiger partial charge in [-0.05, 0) is 44.1 Å². The van der Waals surface area contributed by atoms with Crippen molar-refractivity contribution in [1.29, 1.82) is 0 Å². The van der Waals surface area contributed by atoms with Crippen LogP contribution in [-0.4, -0.2) is 64.2 Å². The topological polar surface area (TPSA) is 108 Å². The zero-order valence-corrected chi connectivity index (χ0v) is 22.2. The molecule has 3 N–H and O–H groups in total. The molecule has 0 aromatic heterocycles. The number of carbonyl (C=O) groups is 3. The second kappa shape index (κ2) is 10.0. The van der Waals surface area contributed by atoms with Gasteiger partial charge in [-0.15, -0.1) is 0 Å². The van der Waals surface area contributed by atoms with Crippen molar-refractivity contribution in [3.05, 3.63) is 35.9 Å². The first kappa shape index (κ1) is 26.2. The lowest BCUT2D eigenvalue weighted by atomic mass is 9.62. The predicted molar refractivity (Wildman–Crippen MR) is 138 cm³/mol. The van der Waals surface area contributed by atoms with Gasteiger partial charge in [0.05, 0.1) is 30.1 Å². The van der Waals surface area contributed by atoms with Crippen molar-refractivity contribution in [2.45, 2.75) is 95.0 Å². The van der Waals surface area contributed by atoms with Crippen molar-refractivity contribution in [2.24, 2.45) is 17.8 Å². The summed E-state index contributed by atoms with van der Waals surface area (Å²) in [5, 5.41) is 16.8. The van der Waals surface area contributed by atoms with Gasteiger partial charge in [-0.3, -0.25) is 14.4 Å². The molecule has 3 amide bonds. The van der Waals surface area contributed by atoms with Crippen LogP contribution in [0.25, 0.3) is 0 Å². The van der Waals surface area contributed by atoms with E-state index in [4.69, 9.17) is 4.74 Å². The Labute approximate surface area is 219 Å². The number of amides is 3. The molecule has 3 saturated heterocycles. The number of likely N-dealkylation sites (tertiary alicyclic amines) is 1. The van der Waals surface area contributed by atoms with Crippen molar-refractivity contribution in [1.82, 2.24) is 15.5 Å². The number of hydrogen-bond donors (Lipinski definition) is 3. The van der Waals surface area contributed by atoms with Crippen LogP contribution in [0.4, 0.5) is 0 Å². The van der Waals surface area contributed by atoms with Gasteiger partial charge in [0.2, 0.25) is 17.7 Å². The molecule has 3 aliphatic heterocycles. The monoisotopic (exact) mass is 511 g/mol. The molecule has 7 atom stereocenters. The smallest absolute Gasteiger partial charge is 0.246 e. The lowest BCUT2D eigenvalue weighted by molar-refractivity contribution is -0.151. The molecule has 1 spiro atoms. The maximum Gasteiger partial charge on any atom is 0.246 e. The summed E-state index contributed by atoms with van der Waals surface area (Å²) >= 11 is 0. The molecule has 37 heavy (non-hydrogen) atoms. The quantitative estimate of drug-likeness (QED) is 0.497. The summed E-state index contributed by atoms with van der Waals surface area (Å²) in [6, 6.07) is 7.77. The predicted octanol–water partition coefficient (Wildman–Crippen LogP) is 2.71. The van der Waals surface area contributed by atoms with Crippen LogP contribution >= 0.6 is 0 Å². The number of rotatable bonds is 8. The molecule has 0 radical (unpaired) electrons. The zero-order valence-electron chi connectivity index (χ0n) is 22.2. The zero-order chi connectivity index (χ0) is 26.4. The Balaban J connectivity index is 1.58. The van der Waals surface area contributed by atoms with Gasteiger partial charge in [0.15, 0.2) is 0 Å². The Kier molecular flexibility index (Phi) is 7.09. The van der Waals surface area contributed by atoms with Crippen LogP contribution in [-0.2, 0) is 19.1 Å². The number of benzene rings is 1. The van der Waals surface area contributed by atoms with Gasteiger partial charge in [0, 0.05) is 12.6 Å². The molecule has 1 aromatic rings. The third kappa shape index (κ3) is 4.07. The number of ether oxygens (including phenoxy) is 1. The number of hydrogen-bond acceptors (Lipinski definition) is 5. The summed E-state index contributed by atoms with van der Waals surface area (Å²) in [4.78, 5) is 43.6. The lowest BCUT2D eigenvalue weighted by Crippen LogP contribution is -2.58. The SMILES string of the molecule is CCCNC(=O)[C@H]1[C@H]2C(=O)N([C@H](CO)c3ccccc3)C(C(=O)NC3CCCCC3)C23CC(C)[C@]1(C)O3. The highest BCUT2D eigenvalue weighted by Gasteiger charge is 2.80. The van der Waals surface area contributed by atoms with E-state index in [1.807, 2.05) is 44.2 Å². The Bertz CT molecular complexity index is 1030. The van der Waals surface area contributed by atoms with E-state index in [9.17, 15) is 19.5 Å². The molecule has 3 heterocycles. The van der Waals surface area contributed by atoms with Crippen molar-refractivity contribution < 1.29 is 24.2 Å². The van der Waals surface area contributed by atoms with Crippen LogP contribution in [0.5, 0.6) is 0 Å². The van der Waals surface area contributed by atoms with Crippen LogP contribution in [0.15, 0.2) is 30.3 Å². The summed E-state index contributed by atoms with van der Waals surface area (Å²) in [5.41, 5.74) is -1.19. The van der Waals surface area contributed by atoms with Gasteiger partial charge in [0.1, 0.15) is 11.6 Å². The first-order valence-corrected chi connectivity index (χ1v) is 14.0. The van der Waals surface area contributed by atoms with E-state index in [1.54, 1.807) is 4.90 Å². The molecule has 4 aliphatic rings. The fourth-order valence-corrected chi connectivity index (χ4v) is 7.63. The maximum atomic E-state index is 14.4. The van der Waals surface area contributed by atoms with Gasteiger partial charge in [-0.1, -0.05) is 63.4 Å². The first-order valence-electron chi connectivity index (χ1n) is 14.0. The van der Waals surface area contributed by atoms with Crippen molar-refractivity contribution >= 4 is 17.7 Å². The van der Waals surface area contributed by atoms with Crippen LogP contribution in [0, 0.1) is 17.8 Å². The lowest BCUT2D eigenvalue weighted by Gasteiger charge is -2.38. The molecule has 5 rings (SSSR count). The third-order valence-corrected chi connectivity index (χ3v) is 9.48. The van der Waals surface area contributed by atoms with Gasteiger partial charge in [-0.2, -0.15) is 0 Å². The number of nitrogens with zero attached hydrogens (tertiary/aromatic N) is 1. The minimum absolute atomic E-state index is 0.0110. The summed E-state index contributed by atoms with van der Waals surface area (Å²) in [6.07, 6.45) is 6.45. The fraction of sp³-hybridized carbons (Fsp3) is 0.690. The average Bonchev–Trinajstić information content (AvgIpc) is 3.41. The Morgan fingerprint density at radius 2 is 1.86 bits per heavy atom. The molecule has 3 unspecified atom stereocenters. The molecule has 2 bridgehead atoms. The van der Waals surface area contributed by atoms with Gasteiger partial charge < -0.3 is 25.4 Å². The van der Waals surface area contributed by atoms with E-state index in [0.29, 0.717) is 13.0 Å². The first-order chi connectivity index (χ1) is 17.8. The van der Waals surface area contributed by atoms with Crippen LogP contribution < -0.4 is 10.6 Å². The largest absolute Gasteiger partial charge is 0.394 e. The molecule has 1 aromatic carbocycles.